The maximum Gasteiger partial charge on any atom is 0.148 e. The minimum absolute atomic E-state index is 0. The van der Waals surface area contributed by atoms with E-state index in [1.165, 1.54) is 27.4 Å². The van der Waals surface area contributed by atoms with Crippen molar-refractivity contribution in [1.82, 2.24) is 24.1 Å². The van der Waals surface area contributed by atoms with Gasteiger partial charge in [0.05, 0.1) is 47.1 Å². The number of aromatic hydroxyl groups is 1. The van der Waals surface area contributed by atoms with Crippen molar-refractivity contribution in [2.45, 2.75) is 176 Å². The first-order valence-corrected chi connectivity index (χ1v) is 30.9. The number of phenolic OH excluding ortho intramolecular Hbond substituents is 1. The monoisotopic (exact) mass is 1210 g/mol. The molecular weight excluding hydrogens is 1130 g/mol. The van der Waals surface area contributed by atoms with E-state index in [1.807, 2.05) is 6.20 Å². The van der Waals surface area contributed by atoms with Crippen LogP contribution in [0.3, 0.4) is 0 Å². The van der Waals surface area contributed by atoms with Gasteiger partial charge in [-0.15, -0.1) is 29.3 Å². The maximum absolute atomic E-state index is 12.9. The topological polar surface area (TPSA) is 68.8 Å². The molecule has 0 atom stereocenters. The number of hydrogen-bond acceptors (Lipinski definition) is 4. The van der Waals surface area contributed by atoms with Gasteiger partial charge in [0.25, 0.3) is 0 Å². The van der Waals surface area contributed by atoms with Crippen molar-refractivity contribution < 1.29 is 26.2 Å². The minimum Gasteiger partial charge on any atom is -0.507 e. The molecule has 0 bridgehead atoms. The Balaban J connectivity index is 0.00000706. The van der Waals surface area contributed by atoms with E-state index in [2.05, 4.69) is 250 Å². The summed E-state index contributed by atoms with van der Waals surface area (Å²) in [5.41, 5.74) is 16.5. The standard InChI is InChI=1S/C68H80N5OSi.Pt/c1-39(2)48-35-46(75(18,19)20)36-49(40(3)4)59(48)73-60-47-26-22-21-25-41(47)32-50(58(60)71-62(73)51-33-45(65(8,9)10)34-53(61(51)74)66(11,12)13)42-29-43(31-44(30-42)64(5,6)7)54-37-55-57(38-69-54)72-56-28-24-23-27-52(56)67(14,15)68(16,17)63(72)70-55;/h21-28,30-40,74H,1-20H3;/q-1;. The quantitative estimate of drug-likeness (QED) is 0.128. The largest absolute Gasteiger partial charge is 0.507 e. The first kappa shape index (κ1) is 55.1. The van der Waals surface area contributed by atoms with E-state index in [4.69, 9.17) is 15.0 Å². The molecule has 10 rings (SSSR count). The molecule has 0 fully saturated rings. The van der Waals surface area contributed by atoms with Gasteiger partial charge < -0.3 is 5.11 Å². The number of pyridine rings is 1. The van der Waals surface area contributed by atoms with Crippen molar-refractivity contribution >= 4 is 46.1 Å². The first-order valence-electron chi connectivity index (χ1n) is 27.4. The number of imidazole rings is 2. The molecule has 6 nitrogen and oxygen atoms in total. The number of phenols is 1. The zero-order valence-electron chi connectivity index (χ0n) is 49.0. The molecule has 1 N–H and O–H groups in total. The number of fused-ring (bicyclic) bond motifs is 8. The predicted molar refractivity (Wildman–Crippen MR) is 321 cm³/mol. The summed E-state index contributed by atoms with van der Waals surface area (Å²) in [6, 6.07) is 40.0. The van der Waals surface area contributed by atoms with Gasteiger partial charge in [0, 0.05) is 54.7 Å². The third-order valence-corrected chi connectivity index (χ3v) is 19.0. The summed E-state index contributed by atoms with van der Waals surface area (Å²) < 4.78 is 4.79. The number of para-hydroxylation sites is 1. The third kappa shape index (κ3) is 8.94. The molecule has 8 heteroatoms. The zero-order chi connectivity index (χ0) is 54.4. The molecule has 0 saturated carbocycles. The number of nitrogens with zero attached hydrogens (tertiary/aromatic N) is 5. The number of hydrogen-bond donors (Lipinski definition) is 1. The fraction of sp³-hybridized carbons (Fsp3) is 0.397. The second-order valence-corrected chi connectivity index (χ2v) is 32.7. The van der Waals surface area contributed by atoms with Crippen LogP contribution in [0.1, 0.15) is 169 Å². The van der Waals surface area contributed by atoms with Crippen LogP contribution in [0.15, 0.2) is 103 Å². The minimum atomic E-state index is -1.77. The van der Waals surface area contributed by atoms with Crippen LogP contribution in [0, 0.1) is 6.07 Å². The average molecular weight is 1210 g/mol. The molecule has 0 saturated heterocycles. The molecular formula is C68H80N5OPtSi-. The normalized spacial score (nSPS) is 14.7. The summed E-state index contributed by atoms with van der Waals surface area (Å²) in [5.74, 6) is 2.45. The Kier molecular flexibility index (Phi) is 13.4. The van der Waals surface area contributed by atoms with Gasteiger partial charge in [-0.25, -0.2) is 9.97 Å². The number of aromatic nitrogens is 5. The van der Waals surface area contributed by atoms with Crippen LogP contribution < -0.4 is 5.19 Å². The average Bonchev–Trinajstić information content (AvgIpc) is 3.92. The molecule has 0 aliphatic carbocycles. The van der Waals surface area contributed by atoms with Gasteiger partial charge in [-0.1, -0.05) is 220 Å². The van der Waals surface area contributed by atoms with E-state index >= 15 is 0 Å². The summed E-state index contributed by atoms with van der Waals surface area (Å²) in [5, 5.41) is 16.6. The summed E-state index contributed by atoms with van der Waals surface area (Å²) in [6.45, 7) is 46.2. The molecule has 3 aromatic heterocycles. The zero-order valence-corrected chi connectivity index (χ0v) is 52.2. The Labute approximate surface area is 469 Å². The Hall–Kier alpha value is -5.62. The van der Waals surface area contributed by atoms with Crippen LogP contribution in [-0.4, -0.2) is 37.3 Å². The fourth-order valence-corrected chi connectivity index (χ4v) is 12.6. The first-order chi connectivity index (χ1) is 34.8. The molecule has 0 amide bonds. The van der Waals surface area contributed by atoms with E-state index in [0.717, 1.165) is 94.9 Å². The van der Waals surface area contributed by atoms with Crippen LogP contribution in [0.2, 0.25) is 19.6 Å². The summed E-state index contributed by atoms with van der Waals surface area (Å²) >= 11 is 0. The van der Waals surface area contributed by atoms with E-state index in [9.17, 15) is 5.11 Å². The molecule has 398 valence electrons. The number of rotatable bonds is 7. The molecule has 1 aliphatic rings. The van der Waals surface area contributed by atoms with Crippen molar-refractivity contribution in [3.05, 3.63) is 149 Å². The predicted octanol–water partition coefficient (Wildman–Crippen LogP) is 17.7. The van der Waals surface area contributed by atoms with Gasteiger partial charge in [0.1, 0.15) is 17.4 Å². The summed E-state index contributed by atoms with van der Waals surface area (Å²) in [4.78, 5) is 16.7. The Morgan fingerprint density at radius 1 is 0.632 bits per heavy atom. The molecule has 76 heavy (non-hydrogen) atoms. The molecule has 6 aromatic carbocycles. The molecule has 1 aliphatic heterocycles. The van der Waals surface area contributed by atoms with E-state index in [-0.39, 0.29) is 65.7 Å². The van der Waals surface area contributed by atoms with Crippen molar-refractivity contribution in [2.24, 2.45) is 0 Å². The van der Waals surface area contributed by atoms with Gasteiger partial charge in [0.2, 0.25) is 0 Å². The van der Waals surface area contributed by atoms with Crippen LogP contribution >= 0.6 is 0 Å². The smallest absolute Gasteiger partial charge is 0.148 e. The van der Waals surface area contributed by atoms with Gasteiger partial charge in [-0.05, 0) is 73.9 Å². The van der Waals surface area contributed by atoms with Gasteiger partial charge in [-0.3, -0.25) is 14.1 Å². The second kappa shape index (κ2) is 18.5. The van der Waals surface area contributed by atoms with Crippen molar-refractivity contribution in [1.29, 1.82) is 0 Å². The molecule has 0 unspecified atom stereocenters. The van der Waals surface area contributed by atoms with E-state index < -0.39 is 8.07 Å². The summed E-state index contributed by atoms with van der Waals surface area (Å²) in [7, 11) is -1.77. The molecule has 0 spiro atoms. The molecule has 9 aromatic rings. The van der Waals surface area contributed by atoms with E-state index in [1.54, 1.807) is 0 Å². The van der Waals surface area contributed by atoms with Crippen LogP contribution in [-0.2, 0) is 48.1 Å². The van der Waals surface area contributed by atoms with Crippen LogP contribution in [0.4, 0.5) is 0 Å². The molecule has 4 heterocycles. The van der Waals surface area contributed by atoms with Crippen LogP contribution in [0.5, 0.6) is 5.75 Å². The summed E-state index contributed by atoms with van der Waals surface area (Å²) in [6.07, 6.45) is 2.02. The van der Waals surface area contributed by atoms with Crippen LogP contribution in [0.25, 0.3) is 78.0 Å². The van der Waals surface area contributed by atoms with Crippen molar-refractivity contribution in [2.75, 3.05) is 0 Å². The van der Waals surface area contributed by atoms with Crippen molar-refractivity contribution in [3.8, 4) is 50.9 Å². The second-order valence-electron chi connectivity index (χ2n) is 27.6. The number of benzene rings is 6. The van der Waals surface area contributed by atoms with Gasteiger partial charge >= 0.3 is 0 Å². The van der Waals surface area contributed by atoms with Gasteiger partial charge in [-0.2, -0.15) is 0 Å². The van der Waals surface area contributed by atoms with Gasteiger partial charge in [0.15, 0.2) is 0 Å². The molecule has 0 radical (unpaired) electrons. The SMILES string of the molecule is CC(C)c1cc([Si](C)(C)C)cc(C(C)C)c1-n1c(-c2cc(C(C)(C)C)cc(C(C)(C)C)c2O)nc2c(-c3[c-]c(-c4cc5nc6n(c5cn4)-c4ccccc4C(C)(C)C6(C)C)cc(C(C)(C)C)c3)cc3ccccc3c21.[Pt]. The van der Waals surface area contributed by atoms with Crippen molar-refractivity contribution in [3.63, 3.8) is 0 Å². The van der Waals surface area contributed by atoms with E-state index in [0.29, 0.717) is 0 Å². The Morgan fingerprint density at radius 2 is 1.22 bits per heavy atom. The Bertz CT molecular complexity index is 3750. The maximum atomic E-state index is 12.9. The fourth-order valence-electron chi connectivity index (χ4n) is 11.5. The third-order valence-electron chi connectivity index (χ3n) is 17.0. The Morgan fingerprint density at radius 3 is 1.83 bits per heavy atom.